The van der Waals surface area contributed by atoms with Crippen molar-refractivity contribution in [2.45, 2.75) is 58.5 Å². The summed E-state index contributed by atoms with van der Waals surface area (Å²) in [7, 11) is 0. The Morgan fingerprint density at radius 2 is 1.83 bits per heavy atom. The summed E-state index contributed by atoms with van der Waals surface area (Å²) in [6.07, 6.45) is 2.20. The molecule has 1 rings (SSSR count). The molecule has 0 aliphatic carbocycles. The van der Waals surface area contributed by atoms with Gasteiger partial charge in [-0.15, -0.1) is 0 Å². The molecule has 0 heterocycles. The molecule has 0 aliphatic heterocycles. The van der Waals surface area contributed by atoms with Crippen LogP contribution in [-0.2, 0) is 6.54 Å². The normalized spacial score (nSPS) is 13.6. The Bertz CT molecular complexity index is 335. The third-order valence-corrected chi connectivity index (χ3v) is 3.44. The first-order chi connectivity index (χ1) is 8.42. The molecule has 0 amide bonds. The van der Waals surface area contributed by atoms with Crippen molar-refractivity contribution in [1.82, 2.24) is 5.32 Å². The van der Waals surface area contributed by atoms with E-state index in [-0.39, 0.29) is 5.54 Å². The Morgan fingerprint density at radius 1 is 1.22 bits per heavy atom. The van der Waals surface area contributed by atoms with Crippen molar-refractivity contribution in [3.63, 3.8) is 0 Å². The van der Waals surface area contributed by atoms with Crippen LogP contribution < -0.4 is 11.1 Å². The van der Waals surface area contributed by atoms with E-state index in [0.717, 1.165) is 19.5 Å². The lowest BCUT2D eigenvalue weighted by Crippen LogP contribution is -2.35. The van der Waals surface area contributed by atoms with Crippen LogP contribution in [0.5, 0.6) is 0 Å². The van der Waals surface area contributed by atoms with Crippen LogP contribution in [0.4, 0.5) is 0 Å². The SMILES string of the molecule is CCC(C)c1ccc(CNCCC(C)(C)N)cc1. The molecular weight excluding hydrogens is 220 g/mol. The number of benzene rings is 1. The minimum Gasteiger partial charge on any atom is -0.326 e. The number of nitrogens with one attached hydrogen (secondary N) is 1. The second-order valence-electron chi connectivity index (χ2n) is 5.97. The van der Waals surface area contributed by atoms with E-state index in [9.17, 15) is 0 Å². The Morgan fingerprint density at radius 3 is 2.33 bits per heavy atom. The Hall–Kier alpha value is -0.860. The molecule has 0 spiro atoms. The summed E-state index contributed by atoms with van der Waals surface area (Å²) in [6, 6.07) is 8.94. The fraction of sp³-hybridized carbons (Fsp3) is 0.625. The van der Waals surface area contributed by atoms with Crippen molar-refractivity contribution in [3.8, 4) is 0 Å². The summed E-state index contributed by atoms with van der Waals surface area (Å²) in [5.74, 6) is 0.657. The van der Waals surface area contributed by atoms with E-state index < -0.39 is 0 Å². The topological polar surface area (TPSA) is 38.0 Å². The molecule has 2 heteroatoms. The first-order valence-electron chi connectivity index (χ1n) is 7.01. The highest BCUT2D eigenvalue weighted by Gasteiger charge is 2.09. The third kappa shape index (κ3) is 5.65. The average molecular weight is 248 g/mol. The molecule has 1 aromatic carbocycles. The fourth-order valence-corrected chi connectivity index (χ4v) is 1.84. The predicted octanol–water partition coefficient (Wildman–Crippen LogP) is 3.42. The van der Waals surface area contributed by atoms with Crippen LogP contribution in [0, 0.1) is 0 Å². The van der Waals surface area contributed by atoms with Crippen LogP contribution >= 0.6 is 0 Å². The van der Waals surface area contributed by atoms with Crippen LogP contribution in [0.1, 0.15) is 57.6 Å². The van der Waals surface area contributed by atoms with E-state index in [1.807, 2.05) is 0 Å². The van der Waals surface area contributed by atoms with Crippen LogP contribution in [-0.4, -0.2) is 12.1 Å². The molecule has 1 atom stereocenters. The van der Waals surface area contributed by atoms with Gasteiger partial charge in [-0.25, -0.2) is 0 Å². The second-order valence-corrected chi connectivity index (χ2v) is 5.97. The van der Waals surface area contributed by atoms with Gasteiger partial charge in [-0.2, -0.15) is 0 Å². The molecule has 0 fully saturated rings. The molecule has 0 saturated carbocycles. The average Bonchev–Trinajstić information content (AvgIpc) is 2.33. The van der Waals surface area contributed by atoms with Gasteiger partial charge < -0.3 is 11.1 Å². The lowest BCUT2D eigenvalue weighted by Gasteiger charge is -2.18. The summed E-state index contributed by atoms with van der Waals surface area (Å²) in [6.45, 7) is 10.5. The van der Waals surface area contributed by atoms with Crippen LogP contribution in [0.25, 0.3) is 0 Å². The first kappa shape index (κ1) is 15.2. The maximum absolute atomic E-state index is 5.94. The molecule has 0 bridgehead atoms. The lowest BCUT2D eigenvalue weighted by atomic mass is 9.97. The van der Waals surface area contributed by atoms with Gasteiger partial charge in [-0.05, 0) is 50.3 Å². The molecule has 102 valence electrons. The minimum atomic E-state index is -0.0760. The van der Waals surface area contributed by atoms with Gasteiger partial charge in [0, 0.05) is 12.1 Å². The number of rotatable bonds is 7. The first-order valence-corrected chi connectivity index (χ1v) is 7.01. The molecule has 0 saturated heterocycles. The van der Waals surface area contributed by atoms with Gasteiger partial charge in [-0.1, -0.05) is 38.1 Å². The zero-order valence-electron chi connectivity index (χ0n) is 12.3. The smallest absolute Gasteiger partial charge is 0.0205 e. The maximum Gasteiger partial charge on any atom is 0.0205 e. The van der Waals surface area contributed by atoms with E-state index in [0.29, 0.717) is 5.92 Å². The van der Waals surface area contributed by atoms with Crippen molar-refractivity contribution >= 4 is 0 Å². The fourth-order valence-electron chi connectivity index (χ4n) is 1.84. The molecule has 18 heavy (non-hydrogen) atoms. The van der Waals surface area contributed by atoms with Gasteiger partial charge in [0.15, 0.2) is 0 Å². The molecule has 2 nitrogen and oxygen atoms in total. The van der Waals surface area contributed by atoms with Crippen LogP contribution in [0.3, 0.4) is 0 Å². The second kappa shape index (κ2) is 6.91. The summed E-state index contributed by atoms with van der Waals surface area (Å²) in [5.41, 5.74) is 8.65. The van der Waals surface area contributed by atoms with E-state index in [1.54, 1.807) is 0 Å². The quantitative estimate of drug-likeness (QED) is 0.726. The minimum absolute atomic E-state index is 0.0760. The molecule has 0 aliphatic rings. The Labute approximate surface area is 112 Å². The van der Waals surface area contributed by atoms with Gasteiger partial charge >= 0.3 is 0 Å². The zero-order valence-corrected chi connectivity index (χ0v) is 12.3. The third-order valence-electron chi connectivity index (χ3n) is 3.44. The van der Waals surface area contributed by atoms with Crippen molar-refractivity contribution in [2.75, 3.05) is 6.54 Å². The standard InChI is InChI=1S/C16H28N2/c1-5-13(2)15-8-6-14(7-9-15)12-18-11-10-16(3,4)17/h6-9,13,18H,5,10-12,17H2,1-4H3. The molecule has 0 radical (unpaired) electrons. The van der Waals surface area contributed by atoms with Crippen LogP contribution in [0.2, 0.25) is 0 Å². The molecule has 0 aromatic heterocycles. The molecule has 1 unspecified atom stereocenters. The summed E-state index contributed by atoms with van der Waals surface area (Å²) < 4.78 is 0. The Kier molecular flexibility index (Phi) is 5.83. The maximum atomic E-state index is 5.94. The van der Waals surface area contributed by atoms with Crippen molar-refractivity contribution in [3.05, 3.63) is 35.4 Å². The molecule has 3 N–H and O–H groups in total. The van der Waals surface area contributed by atoms with Gasteiger partial charge in [0.05, 0.1) is 0 Å². The monoisotopic (exact) mass is 248 g/mol. The zero-order chi connectivity index (χ0) is 13.6. The van der Waals surface area contributed by atoms with E-state index in [4.69, 9.17) is 5.73 Å². The van der Waals surface area contributed by atoms with Crippen LogP contribution in [0.15, 0.2) is 24.3 Å². The number of hydrogen-bond donors (Lipinski definition) is 2. The lowest BCUT2D eigenvalue weighted by molar-refractivity contribution is 0.455. The predicted molar refractivity (Wildman–Crippen MR) is 79.7 cm³/mol. The van der Waals surface area contributed by atoms with Gasteiger partial charge in [-0.3, -0.25) is 0 Å². The molecule has 1 aromatic rings. The highest BCUT2D eigenvalue weighted by molar-refractivity contribution is 5.24. The van der Waals surface area contributed by atoms with Gasteiger partial charge in [0.2, 0.25) is 0 Å². The van der Waals surface area contributed by atoms with Crippen molar-refractivity contribution in [2.24, 2.45) is 5.73 Å². The van der Waals surface area contributed by atoms with Crippen molar-refractivity contribution in [1.29, 1.82) is 0 Å². The Balaban J connectivity index is 2.35. The van der Waals surface area contributed by atoms with E-state index >= 15 is 0 Å². The highest BCUT2D eigenvalue weighted by Crippen LogP contribution is 2.18. The summed E-state index contributed by atoms with van der Waals surface area (Å²) in [5, 5.41) is 3.44. The van der Waals surface area contributed by atoms with E-state index in [1.165, 1.54) is 17.5 Å². The summed E-state index contributed by atoms with van der Waals surface area (Å²) in [4.78, 5) is 0. The summed E-state index contributed by atoms with van der Waals surface area (Å²) >= 11 is 0. The largest absolute Gasteiger partial charge is 0.326 e. The van der Waals surface area contributed by atoms with Crippen molar-refractivity contribution < 1.29 is 0 Å². The van der Waals surface area contributed by atoms with E-state index in [2.05, 4.69) is 57.3 Å². The number of hydrogen-bond acceptors (Lipinski definition) is 2. The number of nitrogens with two attached hydrogens (primary N) is 1. The van der Waals surface area contributed by atoms with Gasteiger partial charge in [0.25, 0.3) is 0 Å². The molecular formula is C16H28N2. The highest BCUT2D eigenvalue weighted by atomic mass is 14.9. The van der Waals surface area contributed by atoms with Gasteiger partial charge in [0.1, 0.15) is 0 Å².